The van der Waals surface area contributed by atoms with E-state index in [0.29, 0.717) is 45.6 Å². The highest BCUT2D eigenvalue weighted by Gasteiger charge is 2.35. The second-order valence-electron chi connectivity index (χ2n) is 7.16. The molecule has 29 heavy (non-hydrogen) atoms. The largest absolute Gasteiger partial charge is 0.462 e. The summed E-state index contributed by atoms with van der Waals surface area (Å²) in [6.45, 7) is 6.91. The Morgan fingerprint density at radius 3 is 2.69 bits per heavy atom. The molecule has 1 aliphatic rings. The van der Waals surface area contributed by atoms with Gasteiger partial charge in [0.05, 0.1) is 41.1 Å². The van der Waals surface area contributed by atoms with Gasteiger partial charge in [-0.1, -0.05) is 30.1 Å². The number of rotatable bonds is 5. The van der Waals surface area contributed by atoms with Gasteiger partial charge in [0.25, 0.3) is 5.91 Å². The molecule has 0 saturated carbocycles. The molecule has 0 bridgehead atoms. The third-order valence-electron chi connectivity index (χ3n) is 5.10. The van der Waals surface area contributed by atoms with E-state index in [1.165, 1.54) is 0 Å². The highest BCUT2D eigenvalue weighted by molar-refractivity contribution is 6.42. The average molecular weight is 439 g/mol. The number of hydrogen-bond acceptors (Lipinski definition) is 5. The van der Waals surface area contributed by atoms with Crippen LogP contribution in [0.2, 0.25) is 10.0 Å². The fraction of sp³-hybridized carbons (Fsp3) is 0.450. The topological polar surface area (TPSA) is 90.5 Å². The number of nitrogens with zero attached hydrogens (tertiary/aromatic N) is 3. The molecule has 0 spiro atoms. The van der Waals surface area contributed by atoms with Crippen LogP contribution in [0.3, 0.4) is 0 Å². The predicted octanol–water partition coefficient (Wildman–Crippen LogP) is 3.47. The first kappa shape index (κ1) is 21.6. The lowest BCUT2D eigenvalue weighted by atomic mass is 10.0. The Bertz CT molecular complexity index is 944. The first-order chi connectivity index (χ1) is 13.8. The molecule has 0 unspecified atom stereocenters. The molecule has 2 aromatic rings. The Morgan fingerprint density at radius 1 is 1.34 bits per heavy atom. The minimum absolute atomic E-state index is 0.109. The van der Waals surface area contributed by atoms with Crippen LogP contribution in [0.25, 0.3) is 0 Å². The molecule has 0 aliphatic carbocycles. The quantitative estimate of drug-likeness (QED) is 0.721. The third-order valence-corrected chi connectivity index (χ3v) is 5.84. The van der Waals surface area contributed by atoms with Gasteiger partial charge in [-0.2, -0.15) is 5.10 Å². The summed E-state index contributed by atoms with van der Waals surface area (Å²) < 4.78 is 7.04. The Morgan fingerprint density at radius 2 is 2.07 bits per heavy atom. The molecule has 0 saturated heterocycles. The average Bonchev–Trinajstić information content (AvgIpc) is 3.06. The van der Waals surface area contributed by atoms with Crippen LogP contribution in [-0.2, 0) is 17.8 Å². The van der Waals surface area contributed by atoms with Crippen molar-refractivity contribution in [3.8, 4) is 0 Å². The van der Waals surface area contributed by atoms with Crippen LogP contribution in [-0.4, -0.2) is 45.8 Å². The summed E-state index contributed by atoms with van der Waals surface area (Å²) >= 11 is 12.0. The summed E-state index contributed by atoms with van der Waals surface area (Å²) in [6.07, 6.45) is 0. The van der Waals surface area contributed by atoms with E-state index in [9.17, 15) is 9.59 Å². The Labute approximate surface area is 179 Å². The summed E-state index contributed by atoms with van der Waals surface area (Å²) in [7, 11) is 0. The van der Waals surface area contributed by atoms with E-state index in [0.717, 1.165) is 0 Å². The minimum atomic E-state index is -0.444. The highest BCUT2D eigenvalue weighted by Crippen LogP contribution is 2.30. The Balaban J connectivity index is 2.00. The van der Waals surface area contributed by atoms with Gasteiger partial charge in [0.1, 0.15) is 5.56 Å². The van der Waals surface area contributed by atoms with Gasteiger partial charge in [-0.15, -0.1) is 0 Å². The van der Waals surface area contributed by atoms with Crippen molar-refractivity contribution in [1.82, 2.24) is 14.7 Å². The zero-order chi connectivity index (χ0) is 21.3. The number of ether oxygens (including phenoxy) is 1. The van der Waals surface area contributed by atoms with Gasteiger partial charge >= 0.3 is 5.97 Å². The van der Waals surface area contributed by atoms with Crippen molar-refractivity contribution in [1.29, 1.82) is 0 Å². The van der Waals surface area contributed by atoms with E-state index >= 15 is 0 Å². The van der Waals surface area contributed by atoms with Crippen molar-refractivity contribution in [3.05, 3.63) is 50.8 Å². The van der Waals surface area contributed by atoms with E-state index in [-0.39, 0.29) is 31.0 Å². The molecule has 2 heterocycles. The van der Waals surface area contributed by atoms with E-state index in [2.05, 4.69) is 5.10 Å². The van der Waals surface area contributed by atoms with Gasteiger partial charge in [-0.3, -0.25) is 9.48 Å². The number of fused-ring (bicyclic) bond motifs is 1. The molecule has 0 fully saturated rings. The highest BCUT2D eigenvalue weighted by atomic mass is 35.5. The molecule has 3 rings (SSSR count). The maximum absolute atomic E-state index is 13.1. The monoisotopic (exact) mass is 438 g/mol. The molecular formula is C20H24Cl2N4O3. The molecule has 1 aromatic heterocycles. The number of halogens is 2. The number of benzene rings is 1. The molecule has 1 aliphatic heterocycles. The van der Waals surface area contributed by atoms with Crippen LogP contribution in [0.15, 0.2) is 18.2 Å². The SMILES string of the molecule is CCOC(=O)c1c([C@H](C)CN)nn2c1CN(C(=O)c1ccc(Cl)c(Cl)c1)[C@H](C)C2. The summed E-state index contributed by atoms with van der Waals surface area (Å²) in [6, 6.07) is 4.67. The number of nitrogens with two attached hydrogens (primary N) is 1. The molecule has 0 radical (unpaired) electrons. The normalized spacial score (nSPS) is 17.0. The number of aromatic nitrogens is 2. The summed E-state index contributed by atoms with van der Waals surface area (Å²) in [5.74, 6) is -0.741. The van der Waals surface area contributed by atoms with E-state index in [1.54, 1.807) is 34.7 Å². The zero-order valence-electron chi connectivity index (χ0n) is 16.6. The van der Waals surface area contributed by atoms with Gasteiger partial charge in [0.2, 0.25) is 0 Å². The van der Waals surface area contributed by atoms with Gasteiger partial charge in [0.15, 0.2) is 0 Å². The maximum Gasteiger partial charge on any atom is 0.341 e. The smallest absolute Gasteiger partial charge is 0.341 e. The second kappa shape index (κ2) is 8.73. The maximum atomic E-state index is 13.1. The number of carbonyl (C=O) groups is 2. The van der Waals surface area contributed by atoms with Gasteiger partial charge in [0, 0.05) is 24.1 Å². The lowest BCUT2D eigenvalue weighted by Gasteiger charge is -2.34. The van der Waals surface area contributed by atoms with Crippen molar-refractivity contribution >= 4 is 35.1 Å². The van der Waals surface area contributed by atoms with Crippen LogP contribution in [0.1, 0.15) is 58.8 Å². The molecular weight excluding hydrogens is 415 g/mol. The van der Waals surface area contributed by atoms with Crippen molar-refractivity contribution in [2.45, 2.75) is 45.8 Å². The van der Waals surface area contributed by atoms with Gasteiger partial charge in [-0.05, 0) is 32.0 Å². The molecule has 156 valence electrons. The Kier molecular flexibility index (Phi) is 6.51. The lowest BCUT2D eigenvalue weighted by Crippen LogP contribution is -2.45. The summed E-state index contributed by atoms with van der Waals surface area (Å²) in [5.41, 5.74) is 7.93. The van der Waals surface area contributed by atoms with Crippen LogP contribution in [0, 0.1) is 0 Å². The summed E-state index contributed by atoms with van der Waals surface area (Å²) in [5, 5.41) is 5.33. The molecule has 2 N–H and O–H groups in total. The number of esters is 1. The van der Waals surface area contributed by atoms with Gasteiger partial charge in [-0.25, -0.2) is 4.79 Å². The van der Waals surface area contributed by atoms with Crippen molar-refractivity contribution in [2.75, 3.05) is 13.2 Å². The van der Waals surface area contributed by atoms with Crippen molar-refractivity contribution in [2.24, 2.45) is 5.73 Å². The van der Waals surface area contributed by atoms with E-state index in [4.69, 9.17) is 33.7 Å². The van der Waals surface area contributed by atoms with Crippen LogP contribution < -0.4 is 5.73 Å². The first-order valence-corrected chi connectivity index (χ1v) is 10.3. The molecule has 2 atom stereocenters. The van der Waals surface area contributed by atoms with Crippen molar-refractivity contribution in [3.63, 3.8) is 0 Å². The van der Waals surface area contributed by atoms with E-state index < -0.39 is 5.97 Å². The van der Waals surface area contributed by atoms with Crippen LogP contribution >= 0.6 is 23.2 Å². The molecule has 1 aromatic carbocycles. The molecule has 9 heteroatoms. The van der Waals surface area contributed by atoms with Crippen LogP contribution in [0.5, 0.6) is 0 Å². The van der Waals surface area contributed by atoms with Crippen molar-refractivity contribution < 1.29 is 14.3 Å². The van der Waals surface area contributed by atoms with Gasteiger partial charge < -0.3 is 15.4 Å². The van der Waals surface area contributed by atoms with Crippen LogP contribution in [0.4, 0.5) is 0 Å². The van der Waals surface area contributed by atoms with E-state index in [1.807, 2.05) is 13.8 Å². The fourth-order valence-corrected chi connectivity index (χ4v) is 3.74. The minimum Gasteiger partial charge on any atom is -0.462 e. The first-order valence-electron chi connectivity index (χ1n) is 9.51. The predicted molar refractivity (Wildman–Crippen MR) is 111 cm³/mol. The fourth-order valence-electron chi connectivity index (χ4n) is 3.44. The lowest BCUT2D eigenvalue weighted by molar-refractivity contribution is 0.0506. The third kappa shape index (κ3) is 4.13. The standard InChI is InChI=1S/C20H24Cl2N4O3/c1-4-29-20(28)17-16-10-25(19(27)13-5-6-14(21)15(22)7-13)12(3)9-26(16)24-18(17)11(2)8-23/h5-7,11-12H,4,8-10,23H2,1-3H3/t11-,12-/m1/s1. The number of hydrogen-bond donors (Lipinski definition) is 1. The number of carbonyl (C=O) groups excluding carboxylic acids is 2. The molecule has 1 amide bonds. The zero-order valence-corrected chi connectivity index (χ0v) is 18.1. The Hall–Kier alpha value is -2.09. The number of amides is 1. The second-order valence-corrected chi connectivity index (χ2v) is 7.97. The summed E-state index contributed by atoms with van der Waals surface area (Å²) in [4.78, 5) is 27.5. The molecule has 7 nitrogen and oxygen atoms in total.